The molecule has 0 aliphatic carbocycles. The van der Waals surface area contributed by atoms with Crippen LogP contribution in [0.5, 0.6) is 17.2 Å². The molecule has 1 aliphatic heterocycles. The molecule has 0 fully saturated rings. The van der Waals surface area contributed by atoms with E-state index in [2.05, 4.69) is 17.4 Å². The van der Waals surface area contributed by atoms with E-state index in [1.54, 1.807) is 19.2 Å². The molecular weight excluding hydrogens is 318 g/mol. The minimum absolute atomic E-state index is 0.0294. The van der Waals surface area contributed by atoms with Crippen LogP contribution in [0.3, 0.4) is 0 Å². The van der Waals surface area contributed by atoms with E-state index in [-0.39, 0.29) is 12.5 Å². The van der Waals surface area contributed by atoms with Gasteiger partial charge in [0.1, 0.15) is 5.75 Å². The normalized spacial score (nSPS) is 12.7. The van der Waals surface area contributed by atoms with Crippen molar-refractivity contribution in [3.63, 3.8) is 0 Å². The molecular formula is C20H23NO4. The van der Waals surface area contributed by atoms with Crippen LogP contribution in [-0.4, -0.2) is 32.8 Å². The molecule has 0 unspecified atom stereocenters. The molecule has 2 aromatic rings. The minimum atomic E-state index is -0.146. The number of fused-ring (bicyclic) bond motifs is 1. The molecule has 3 rings (SSSR count). The van der Waals surface area contributed by atoms with Crippen LogP contribution in [0.4, 0.5) is 0 Å². The second-order valence-electron chi connectivity index (χ2n) is 5.93. The monoisotopic (exact) mass is 341 g/mol. The second-order valence-corrected chi connectivity index (χ2v) is 5.93. The number of methoxy groups -OCH3 is 1. The Morgan fingerprint density at radius 1 is 1.20 bits per heavy atom. The molecule has 1 amide bonds. The lowest BCUT2D eigenvalue weighted by Gasteiger charge is -2.18. The van der Waals surface area contributed by atoms with Gasteiger partial charge in [0.2, 0.25) is 0 Å². The Balaban J connectivity index is 1.43. The summed E-state index contributed by atoms with van der Waals surface area (Å²) in [5.74, 6) is 2.03. The zero-order valence-electron chi connectivity index (χ0n) is 14.4. The summed E-state index contributed by atoms with van der Waals surface area (Å²) < 4.78 is 16.3. The molecule has 0 spiro atoms. The molecule has 0 atom stereocenters. The summed E-state index contributed by atoms with van der Waals surface area (Å²) in [6.07, 6.45) is 2.91. The zero-order valence-corrected chi connectivity index (χ0v) is 14.4. The maximum absolute atomic E-state index is 11.9. The molecule has 5 nitrogen and oxygen atoms in total. The number of hydrogen-bond donors (Lipinski definition) is 1. The minimum Gasteiger partial charge on any atom is -0.493 e. The molecule has 0 radical (unpaired) electrons. The number of amides is 1. The third-order valence-electron chi connectivity index (χ3n) is 4.14. The Labute approximate surface area is 147 Å². The smallest absolute Gasteiger partial charge is 0.257 e. The molecule has 2 aromatic carbocycles. The first-order chi connectivity index (χ1) is 12.3. The zero-order chi connectivity index (χ0) is 17.5. The van der Waals surface area contributed by atoms with Gasteiger partial charge in [-0.25, -0.2) is 0 Å². The van der Waals surface area contributed by atoms with Gasteiger partial charge in [0.25, 0.3) is 5.91 Å². The first-order valence-corrected chi connectivity index (χ1v) is 8.53. The van der Waals surface area contributed by atoms with Gasteiger partial charge < -0.3 is 19.5 Å². The predicted molar refractivity (Wildman–Crippen MR) is 95.5 cm³/mol. The second kappa shape index (κ2) is 8.42. The first kappa shape index (κ1) is 17.1. The van der Waals surface area contributed by atoms with Crippen molar-refractivity contribution >= 4 is 5.91 Å². The summed E-state index contributed by atoms with van der Waals surface area (Å²) in [4.78, 5) is 11.9. The van der Waals surface area contributed by atoms with Gasteiger partial charge in [-0.15, -0.1) is 0 Å². The van der Waals surface area contributed by atoms with E-state index in [1.165, 1.54) is 11.1 Å². The van der Waals surface area contributed by atoms with Gasteiger partial charge in [-0.3, -0.25) is 4.79 Å². The van der Waals surface area contributed by atoms with Crippen LogP contribution in [0.2, 0.25) is 0 Å². The van der Waals surface area contributed by atoms with Crippen LogP contribution in [0, 0.1) is 0 Å². The number of carbonyl (C=O) groups excluding carboxylic acids is 1. The lowest BCUT2D eigenvalue weighted by atomic mass is 10.0. The van der Waals surface area contributed by atoms with Gasteiger partial charge in [0.15, 0.2) is 18.1 Å². The largest absolute Gasteiger partial charge is 0.493 e. The van der Waals surface area contributed by atoms with Crippen LogP contribution < -0.4 is 19.5 Å². The highest BCUT2D eigenvalue weighted by atomic mass is 16.5. The highest BCUT2D eigenvalue weighted by molar-refractivity contribution is 5.77. The molecule has 0 bridgehead atoms. The average molecular weight is 341 g/mol. The molecule has 1 heterocycles. The molecule has 25 heavy (non-hydrogen) atoms. The van der Waals surface area contributed by atoms with E-state index < -0.39 is 0 Å². The standard InChI is InChI=1S/C20H23NO4/c1-23-18-6-2-3-7-19(18)25-14-20(22)21-11-10-15-8-9-17-16(13-15)5-4-12-24-17/h2-3,6-9,13H,4-5,10-12,14H2,1H3,(H,21,22). The summed E-state index contributed by atoms with van der Waals surface area (Å²) in [6.45, 7) is 1.35. The molecule has 1 N–H and O–H groups in total. The van der Waals surface area contributed by atoms with E-state index >= 15 is 0 Å². The maximum atomic E-state index is 11.9. The summed E-state index contributed by atoms with van der Waals surface area (Å²) in [7, 11) is 1.58. The maximum Gasteiger partial charge on any atom is 0.257 e. The molecule has 0 saturated heterocycles. The molecule has 1 aliphatic rings. The van der Waals surface area contributed by atoms with Crippen LogP contribution in [0.15, 0.2) is 42.5 Å². The number of nitrogens with one attached hydrogen (secondary N) is 1. The van der Waals surface area contributed by atoms with Crippen LogP contribution in [0.1, 0.15) is 17.5 Å². The van der Waals surface area contributed by atoms with Crippen molar-refractivity contribution in [3.05, 3.63) is 53.6 Å². The van der Waals surface area contributed by atoms with Crippen LogP contribution in [0.25, 0.3) is 0 Å². The van der Waals surface area contributed by atoms with Crippen molar-refractivity contribution in [2.24, 2.45) is 0 Å². The fourth-order valence-corrected chi connectivity index (χ4v) is 2.85. The van der Waals surface area contributed by atoms with Crippen molar-refractivity contribution in [2.75, 3.05) is 26.9 Å². The average Bonchev–Trinajstić information content (AvgIpc) is 2.66. The van der Waals surface area contributed by atoms with E-state index in [4.69, 9.17) is 14.2 Å². The Morgan fingerprint density at radius 3 is 2.88 bits per heavy atom. The summed E-state index contributed by atoms with van der Waals surface area (Å²) >= 11 is 0. The number of para-hydroxylation sites is 2. The van der Waals surface area contributed by atoms with Gasteiger partial charge >= 0.3 is 0 Å². The van der Waals surface area contributed by atoms with E-state index in [9.17, 15) is 4.79 Å². The van der Waals surface area contributed by atoms with Crippen LogP contribution >= 0.6 is 0 Å². The Bertz CT molecular complexity index is 729. The number of rotatable bonds is 7. The first-order valence-electron chi connectivity index (χ1n) is 8.53. The number of hydrogen-bond acceptors (Lipinski definition) is 4. The molecule has 132 valence electrons. The van der Waals surface area contributed by atoms with Gasteiger partial charge in [0, 0.05) is 6.54 Å². The third kappa shape index (κ3) is 4.66. The Morgan fingerprint density at radius 2 is 2.04 bits per heavy atom. The van der Waals surface area contributed by atoms with Crippen molar-refractivity contribution < 1.29 is 19.0 Å². The van der Waals surface area contributed by atoms with E-state index in [0.29, 0.717) is 18.0 Å². The summed E-state index contributed by atoms with van der Waals surface area (Å²) in [6, 6.07) is 13.5. The SMILES string of the molecule is COc1ccccc1OCC(=O)NCCc1ccc2c(c1)CCCO2. The molecule has 5 heteroatoms. The fraction of sp³-hybridized carbons (Fsp3) is 0.350. The highest BCUT2D eigenvalue weighted by Crippen LogP contribution is 2.26. The number of benzene rings is 2. The topological polar surface area (TPSA) is 56.8 Å². The quantitative estimate of drug-likeness (QED) is 0.841. The molecule has 0 saturated carbocycles. The van der Waals surface area contributed by atoms with Crippen molar-refractivity contribution in [1.29, 1.82) is 0 Å². The Kier molecular flexibility index (Phi) is 5.77. The highest BCUT2D eigenvalue weighted by Gasteiger charge is 2.11. The van der Waals surface area contributed by atoms with Crippen molar-refractivity contribution in [3.8, 4) is 17.2 Å². The lowest BCUT2D eigenvalue weighted by Crippen LogP contribution is -2.30. The fourth-order valence-electron chi connectivity index (χ4n) is 2.85. The van der Waals surface area contributed by atoms with Crippen molar-refractivity contribution in [2.45, 2.75) is 19.3 Å². The Hall–Kier alpha value is -2.69. The number of ether oxygens (including phenoxy) is 3. The van der Waals surface area contributed by atoms with Crippen molar-refractivity contribution in [1.82, 2.24) is 5.32 Å². The summed E-state index contributed by atoms with van der Waals surface area (Å²) in [5.41, 5.74) is 2.46. The van der Waals surface area contributed by atoms with Gasteiger partial charge in [-0.1, -0.05) is 24.3 Å². The van der Waals surface area contributed by atoms with Gasteiger partial charge in [0.05, 0.1) is 13.7 Å². The van der Waals surface area contributed by atoms with Crippen LogP contribution in [-0.2, 0) is 17.6 Å². The number of carbonyl (C=O) groups is 1. The predicted octanol–water partition coefficient (Wildman–Crippen LogP) is 2.76. The van der Waals surface area contributed by atoms with Gasteiger partial charge in [-0.05, 0) is 48.6 Å². The van der Waals surface area contributed by atoms with E-state index in [1.807, 2.05) is 18.2 Å². The van der Waals surface area contributed by atoms with Gasteiger partial charge in [-0.2, -0.15) is 0 Å². The summed E-state index contributed by atoms with van der Waals surface area (Å²) in [5, 5.41) is 2.88. The van der Waals surface area contributed by atoms with E-state index in [0.717, 1.165) is 31.6 Å². The lowest BCUT2D eigenvalue weighted by molar-refractivity contribution is -0.123. The third-order valence-corrected chi connectivity index (χ3v) is 4.14. The molecule has 0 aromatic heterocycles. The number of aryl methyl sites for hydroxylation is 1.